The van der Waals surface area contributed by atoms with Crippen LogP contribution in [-0.2, 0) is 5.75 Å². The summed E-state index contributed by atoms with van der Waals surface area (Å²) in [4.78, 5) is 1.06. The second kappa shape index (κ2) is 6.44. The molecule has 0 saturated carbocycles. The molecule has 0 aliphatic rings. The van der Waals surface area contributed by atoms with Crippen LogP contribution in [0.15, 0.2) is 53.4 Å². The first-order chi connectivity index (χ1) is 9.19. The molecule has 0 bridgehead atoms. The Bertz CT molecular complexity index is 576. The number of hydrogen-bond donors (Lipinski definition) is 2. The van der Waals surface area contributed by atoms with Gasteiger partial charge in [-0.25, -0.2) is 0 Å². The Morgan fingerprint density at radius 2 is 1.63 bits per heavy atom. The lowest BCUT2D eigenvalue weighted by atomic mass is 9.81. The summed E-state index contributed by atoms with van der Waals surface area (Å²) in [6.45, 7) is 0. The fourth-order valence-corrected chi connectivity index (χ4v) is 2.43. The topological polar surface area (TPSA) is 64.2 Å². The lowest BCUT2D eigenvalue weighted by Gasteiger charge is -2.04. The van der Waals surface area contributed by atoms with Crippen molar-refractivity contribution in [3.05, 3.63) is 59.7 Å². The van der Waals surface area contributed by atoms with E-state index in [2.05, 4.69) is 6.07 Å². The van der Waals surface area contributed by atoms with Gasteiger partial charge in [0.25, 0.3) is 0 Å². The van der Waals surface area contributed by atoms with Crippen molar-refractivity contribution in [2.45, 2.75) is 10.6 Å². The van der Waals surface area contributed by atoms with Gasteiger partial charge in [-0.1, -0.05) is 24.3 Å². The van der Waals surface area contributed by atoms with Crippen molar-refractivity contribution in [2.24, 2.45) is 0 Å². The van der Waals surface area contributed by atoms with Crippen LogP contribution in [0.3, 0.4) is 0 Å². The molecule has 0 atom stereocenters. The lowest BCUT2D eigenvalue weighted by Crippen LogP contribution is -2.29. The van der Waals surface area contributed by atoms with Crippen molar-refractivity contribution in [3.8, 4) is 6.07 Å². The Morgan fingerprint density at radius 1 is 1.00 bits per heavy atom. The molecular formula is C14H12BNO2S. The van der Waals surface area contributed by atoms with E-state index in [1.54, 1.807) is 36.0 Å². The molecule has 2 aromatic rings. The van der Waals surface area contributed by atoms with Crippen LogP contribution in [0.25, 0.3) is 0 Å². The molecule has 3 nitrogen and oxygen atoms in total. The highest BCUT2D eigenvalue weighted by Gasteiger charge is 2.09. The highest BCUT2D eigenvalue weighted by atomic mass is 32.2. The second-order valence-corrected chi connectivity index (χ2v) is 5.09. The standard InChI is InChI=1S/C14H12BNO2S/c16-9-11-1-3-12(4-2-11)10-19-14-7-5-13(6-8-14)15(17)18/h1-8,17-18H,10H2. The summed E-state index contributed by atoms with van der Waals surface area (Å²) in [6.07, 6.45) is 0. The average Bonchev–Trinajstić information content (AvgIpc) is 2.46. The molecule has 0 aliphatic carbocycles. The smallest absolute Gasteiger partial charge is 0.423 e. The van der Waals surface area contributed by atoms with E-state index < -0.39 is 7.12 Å². The third-order valence-electron chi connectivity index (χ3n) is 2.67. The molecule has 2 rings (SSSR count). The van der Waals surface area contributed by atoms with Crippen molar-refractivity contribution in [3.63, 3.8) is 0 Å². The summed E-state index contributed by atoms with van der Waals surface area (Å²) in [5, 5.41) is 26.7. The van der Waals surface area contributed by atoms with Crippen LogP contribution in [0.1, 0.15) is 11.1 Å². The maximum atomic E-state index is 8.99. The molecule has 0 aromatic heterocycles. The van der Waals surface area contributed by atoms with Crippen LogP contribution in [0, 0.1) is 11.3 Å². The molecule has 0 spiro atoms. The first-order valence-electron chi connectivity index (χ1n) is 5.77. The molecule has 94 valence electrons. The molecule has 0 amide bonds. The minimum Gasteiger partial charge on any atom is -0.423 e. The summed E-state index contributed by atoms with van der Waals surface area (Å²) in [5.74, 6) is 0.812. The number of rotatable bonds is 4. The third kappa shape index (κ3) is 3.86. The van der Waals surface area contributed by atoms with E-state index in [0.29, 0.717) is 11.0 Å². The predicted molar refractivity (Wildman–Crippen MR) is 77.0 cm³/mol. The zero-order valence-corrected chi connectivity index (χ0v) is 11.0. The van der Waals surface area contributed by atoms with Gasteiger partial charge in [-0.2, -0.15) is 5.26 Å². The fourth-order valence-electron chi connectivity index (χ4n) is 1.58. The maximum absolute atomic E-state index is 8.99. The molecule has 0 heterocycles. The Hall–Kier alpha value is -1.74. The van der Waals surface area contributed by atoms with Crippen LogP contribution in [-0.4, -0.2) is 17.2 Å². The highest BCUT2D eigenvalue weighted by molar-refractivity contribution is 7.98. The van der Waals surface area contributed by atoms with Gasteiger partial charge in [-0.05, 0) is 35.3 Å². The molecule has 19 heavy (non-hydrogen) atoms. The molecule has 0 saturated heterocycles. The average molecular weight is 269 g/mol. The van der Waals surface area contributed by atoms with Gasteiger partial charge in [0.05, 0.1) is 11.6 Å². The first kappa shape index (κ1) is 13.7. The first-order valence-corrected chi connectivity index (χ1v) is 6.75. The zero-order valence-electron chi connectivity index (χ0n) is 10.2. The fraction of sp³-hybridized carbons (Fsp3) is 0.0714. The molecule has 2 N–H and O–H groups in total. The van der Waals surface area contributed by atoms with E-state index in [1.807, 2.05) is 24.3 Å². The SMILES string of the molecule is N#Cc1ccc(CSc2ccc(B(O)O)cc2)cc1. The molecule has 0 unspecified atom stereocenters. The van der Waals surface area contributed by atoms with Crippen LogP contribution in [0.2, 0.25) is 0 Å². The highest BCUT2D eigenvalue weighted by Crippen LogP contribution is 2.22. The minimum atomic E-state index is -1.42. The second-order valence-electron chi connectivity index (χ2n) is 4.04. The Kier molecular flexibility index (Phi) is 4.64. The summed E-state index contributed by atoms with van der Waals surface area (Å²) < 4.78 is 0. The largest absolute Gasteiger partial charge is 0.488 e. The quantitative estimate of drug-likeness (QED) is 0.652. The van der Waals surface area contributed by atoms with Gasteiger partial charge >= 0.3 is 7.12 Å². The van der Waals surface area contributed by atoms with Crippen molar-refractivity contribution in [2.75, 3.05) is 0 Å². The summed E-state index contributed by atoms with van der Waals surface area (Å²) in [5.41, 5.74) is 2.30. The normalized spacial score (nSPS) is 9.95. The number of benzene rings is 2. The summed E-state index contributed by atoms with van der Waals surface area (Å²) in [7, 11) is -1.42. The molecule has 5 heteroatoms. The number of thioether (sulfide) groups is 1. The number of nitrogens with zero attached hydrogens (tertiary/aromatic N) is 1. The summed E-state index contributed by atoms with van der Waals surface area (Å²) in [6, 6.07) is 16.7. The van der Waals surface area contributed by atoms with E-state index in [0.717, 1.165) is 16.2 Å². The van der Waals surface area contributed by atoms with Gasteiger partial charge in [-0.15, -0.1) is 11.8 Å². The minimum absolute atomic E-state index is 0.489. The van der Waals surface area contributed by atoms with E-state index >= 15 is 0 Å². The van der Waals surface area contributed by atoms with Gasteiger partial charge in [0.1, 0.15) is 0 Å². The van der Waals surface area contributed by atoms with E-state index in [9.17, 15) is 0 Å². The molecule has 0 aliphatic heterocycles. The third-order valence-corrected chi connectivity index (χ3v) is 3.75. The summed E-state index contributed by atoms with van der Waals surface area (Å²) >= 11 is 1.66. The van der Waals surface area contributed by atoms with Crippen LogP contribution in [0.5, 0.6) is 0 Å². The molecule has 2 aromatic carbocycles. The molecule has 0 radical (unpaired) electrons. The van der Waals surface area contributed by atoms with Crippen LogP contribution < -0.4 is 5.46 Å². The Labute approximate surface area is 116 Å². The number of nitriles is 1. The number of hydrogen-bond acceptors (Lipinski definition) is 4. The molecule has 0 fully saturated rings. The van der Waals surface area contributed by atoms with Crippen LogP contribution in [0.4, 0.5) is 0 Å². The van der Waals surface area contributed by atoms with Crippen molar-refractivity contribution in [1.82, 2.24) is 0 Å². The van der Waals surface area contributed by atoms with Gasteiger partial charge in [-0.3, -0.25) is 0 Å². The van der Waals surface area contributed by atoms with Crippen molar-refractivity contribution < 1.29 is 10.0 Å². The Morgan fingerprint density at radius 3 is 2.16 bits per heavy atom. The van der Waals surface area contributed by atoms with E-state index in [-0.39, 0.29) is 0 Å². The van der Waals surface area contributed by atoms with Gasteiger partial charge in [0.15, 0.2) is 0 Å². The lowest BCUT2D eigenvalue weighted by molar-refractivity contribution is 0.426. The van der Waals surface area contributed by atoms with Crippen LogP contribution >= 0.6 is 11.8 Å². The monoisotopic (exact) mass is 269 g/mol. The van der Waals surface area contributed by atoms with Crippen molar-refractivity contribution >= 4 is 24.3 Å². The van der Waals surface area contributed by atoms with Gasteiger partial charge in [0, 0.05) is 10.6 Å². The van der Waals surface area contributed by atoms with E-state index in [1.165, 1.54) is 0 Å². The zero-order chi connectivity index (χ0) is 13.7. The van der Waals surface area contributed by atoms with E-state index in [4.69, 9.17) is 15.3 Å². The maximum Gasteiger partial charge on any atom is 0.488 e. The predicted octanol–water partition coefficient (Wildman–Crippen LogP) is 1.53. The van der Waals surface area contributed by atoms with Gasteiger partial charge < -0.3 is 10.0 Å². The Balaban J connectivity index is 1.96. The van der Waals surface area contributed by atoms with Crippen molar-refractivity contribution in [1.29, 1.82) is 5.26 Å². The van der Waals surface area contributed by atoms with Gasteiger partial charge in [0.2, 0.25) is 0 Å². The molecular weight excluding hydrogens is 257 g/mol.